The van der Waals surface area contributed by atoms with E-state index < -0.39 is 35.2 Å². The Hall–Kier alpha value is -3.40. The largest absolute Gasteiger partial charge is 0.573 e. The van der Waals surface area contributed by atoms with Crippen LogP contribution in [0.2, 0.25) is 0 Å². The van der Waals surface area contributed by atoms with Crippen molar-refractivity contribution in [3.05, 3.63) is 76.2 Å². The lowest BCUT2D eigenvalue weighted by molar-refractivity contribution is -0.274. The molecule has 1 atom stereocenters. The first-order valence-corrected chi connectivity index (χ1v) is 9.67. The summed E-state index contributed by atoms with van der Waals surface area (Å²) in [4.78, 5) is 23.8. The van der Waals surface area contributed by atoms with Crippen molar-refractivity contribution in [1.82, 2.24) is 5.32 Å². The normalized spacial score (nSPS) is 12.3. The van der Waals surface area contributed by atoms with E-state index >= 15 is 0 Å². The molecule has 2 N–H and O–H groups in total. The van der Waals surface area contributed by atoms with Gasteiger partial charge in [-0.1, -0.05) is 42.5 Å². The van der Waals surface area contributed by atoms with Crippen LogP contribution in [0.3, 0.4) is 0 Å². The minimum Gasteiger partial charge on any atom is -0.481 e. The van der Waals surface area contributed by atoms with Gasteiger partial charge in [0, 0.05) is 5.56 Å². The smallest absolute Gasteiger partial charge is 0.481 e. The first-order valence-electron chi connectivity index (χ1n) is 8.85. The number of amides is 1. The molecule has 0 aliphatic rings. The van der Waals surface area contributed by atoms with Gasteiger partial charge in [-0.2, -0.15) is 4.39 Å². The Kier molecular flexibility index (Phi) is 6.59. The summed E-state index contributed by atoms with van der Waals surface area (Å²) < 4.78 is 55.0. The second-order valence-electron chi connectivity index (χ2n) is 6.40. The number of carbonyl (C=O) groups is 2. The van der Waals surface area contributed by atoms with E-state index in [9.17, 15) is 27.2 Å². The number of carbonyl (C=O) groups excluding carboxylic acids is 1. The third-order valence-electron chi connectivity index (χ3n) is 4.20. The van der Waals surface area contributed by atoms with Gasteiger partial charge in [0.15, 0.2) is 5.13 Å². The average molecular weight is 453 g/mol. The van der Waals surface area contributed by atoms with Crippen molar-refractivity contribution >= 4 is 23.2 Å². The number of carboxylic acid groups (broad SMARTS) is 1. The zero-order valence-corrected chi connectivity index (χ0v) is 16.5. The maximum atomic E-state index is 14.4. The van der Waals surface area contributed by atoms with E-state index in [1.165, 1.54) is 18.2 Å². The summed E-state index contributed by atoms with van der Waals surface area (Å²) in [6.45, 7) is 0. The topological polar surface area (TPSA) is 75.6 Å². The van der Waals surface area contributed by atoms with Gasteiger partial charge in [0.25, 0.3) is 5.91 Å². The van der Waals surface area contributed by atoms with Gasteiger partial charge in [-0.15, -0.1) is 24.5 Å². The van der Waals surface area contributed by atoms with E-state index in [4.69, 9.17) is 5.11 Å². The van der Waals surface area contributed by atoms with Crippen LogP contribution in [0.1, 0.15) is 27.7 Å². The molecular formula is C21H15F4NO4S. The fraction of sp³-hybridized carbons (Fsp3) is 0.143. The first kappa shape index (κ1) is 22.3. The summed E-state index contributed by atoms with van der Waals surface area (Å²) in [5.74, 6) is -2.24. The van der Waals surface area contributed by atoms with Crippen molar-refractivity contribution in [2.45, 2.75) is 18.8 Å². The quantitative estimate of drug-likeness (QED) is 0.470. The number of thiophene rings is 1. The summed E-state index contributed by atoms with van der Waals surface area (Å²) in [6, 6.07) is 13.5. The van der Waals surface area contributed by atoms with Crippen LogP contribution in [0.15, 0.2) is 60.7 Å². The number of ether oxygens (including phenoxy) is 1. The highest BCUT2D eigenvalue weighted by Crippen LogP contribution is 2.32. The Morgan fingerprint density at radius 2 is 1.71 bits per heavy atom. The number of nitrogens with one attached hydrogen (secondary N) is 1. The number of carboxylic acids is 1. The van der Waals surface area contributed by atoms with Gasteiger partial charge < -0.3 is 15.2 Å². The minimum atomic E-state index is -4.84. The molecule has 0 spiro atoms. The summed E-state index contributed by atoms with van der Waals surface area (Å²) >= 11 is 0.550. The molecule has 1 amide bonds. The van der Waals surface area contributed by atoms with E-state index in [1.807, 2.05) is 0 Å². The maximum absolute atomic E-state index is 14.4. The van der Waals surface area contributed by atoms with Crippen LogP contribution >= 0.6 is 11.3 Å². The van der Waals surface area contributed by atoms with E-state index in [2.05, 4.69) is 10.1 Å². The lowest BCUT2D eigenvalue weighted by Gasteiger charge is -2.16. The van der Waals surface area contributed by atoms with Crippen LogP contribution in [0.25, 0.3) is 11.1 Å². The number of aliphatic carboxylic acids is 1. The van der Waals surface area contributed by atoms with Gasteiger partial charge in [-0.25, -0.2) is 0 Å². The summed E-state index contributed by atoms with van der Waals surface area (Å²) in [6.07, 6.45) is -5.21. The Balaban J connectivity index is 1.79. The monoisotopic (exact) mass is 453 g/mol. The van der Waals surface area contributed by atoms with Crippen molar-refractivity contribution in [2.24, 2.45) is 0 Å². The Morgan fingerprint density at radius 1 is 1.06 bits per heavy atom. The van der Waals surface area contributed by atoms with Crippen molar-refractivity contribution in [2.75, 3.05) is 0 Å². The van der Waals surface area contributed by atoms with Crippen LogP contribution in [-0.4, -0.2) is 23.3 Å². The Bertz CT molecular complexity index is 1070. The number of rotatable bonds is 7. The van der Waals surface area contributed by atoms with Gasteiger partial charge >= 0.3 is 12.3 Å². The number of alkyl halides is 3. The second kappa shape index (κ2) is 9.17. The predicted molar refractivity (Wildman–Crippen MR) is 105 cm³/mol. The fourth-order valence-corrected chi connectivity index (χ4v) is 3.66. The minimum absolute atomic E-state index is 0.00515. The third-order valence-corrected chi connectivity index (χ3v) is 5.12. The number of hydrogen-bond donors (Lipinski definition) is 2. The summed E-state index contributed by atoms with van der Waals surface area (Å²) in [7, 11) is 0. The Labute approximate surface area is 177 Å². The van der Waals surface area contributed by atoms with Crippen molar-refractivity contribution < 1.29 is 37.0 Å². The highest BCUT2D eigenvalue weighted by molar-refractivity contribution is 7.12. The molecule has 0 fully saturated rings. The van der Waals surface area contributed by atoms with Gasteiger partial charge in [0.2, 0.25) is 0 Å². The standard InChI is InChI=1S/C21H15F4NO4S/c22-19-15(12-6-8-14(9-7-12)30-21(23,24)25)10-17(31-19)20(29)26-16(11-18(27)28)13-4-2-1-3-5-13/h1-10,16H,11H2,(H,26,29)(H,27,28)/t16-/m1/s1. The van der Waals surface area contributed by atoms with Crippen LogP contribution in [0.4, 0.5) is 17.6 Å². The van der Waals surface area contributed by atoms with Crippen LogP contribution < -0.4 is 10.1 Å². The number of benzene rings is 2. The average Bonchev–Trinajstić information content (AvgIpc) is 3.09. The maximum Gasteiger partial charge on any atom is 0.573 e. The molecule has 10 heteroatoms. The molecule has 0 aliphatic carbocycles. The zero-order chi connectivity index (χ0) is 22.6. The molecule has 0 radical (unpaired) electrons. The highest BCUT2D eigenvalue weighted by atomic mass is 32.1. The van der Waals surface area contributed by atoms with Gasteiger partial charge in [-0.3, -0.25) is 9.59 Å². The molecule has 0 unspecified atom stereocenters. The van der Waals surface area contributed by atoms with Gasteiger partial charge in [-0.05, 0) is 29.3 Å². The molecule has 0 saturated heterocycles. The molecule has 5 nitrogen and oxygen atoms in total. The molecule has 0 saturated carbocycles. The van der Waals surface area contributed by atoms with E-state index in [0.29, 0.717) is 16.9 Å². The summed E-state index contributed by atoms with van der Waals surface area (Å²) in [5.41, 5.74) is 0.867. The SMILES string of the molecule is O=C(O)C[C@@H](NC(=O)c1cc(-c2ccc(OC(F)(F)F)cc2)c(F)s1)c1ccccc1. The Morgan fingerprint density at radius 3 is 2.29 bits per heavy atom. The van der Waals surface area contributed by atoms with Gasteiger partial charge in [0.05, 0.1) is 17.3 Å². The van der Waals surface area contributed by atoms with Crippen molar-refractivity contribution in [3.63, 3.8) is 0 Å². The van der Waals surface area contributed by atoms with Gasteiger partial charge in [0.1, 0.15) is 5.75 Å². The van der Waals surface area contributed by atoms with Crippen LogP contribution in [-0.2, 0) is 4.79 Å². The second-order valence-corrected chi connectivity index (χ2v) is 7.41. The number of hydrogen-bond acceptors (Lipinski definition) is 4. The number of halogens is 4. The molecule has 1 heterocycles. The fourth-order valence-electron chi connectivity index (χ4n) is 2.86. The lowest BCUT2D eigenvalue weighted by Crippen LogP contribution is -2.29. The molecule has 0 bridgehead atoms. The van der Waals surface area contributed by atoms with E-state index in [0.717, 1.165) is 12.1 Å². The molecule has 1 aromatic heterocycles. The molecule has 0 aliphatic heterocycles. The molecule has 3 rings (SSSR count). The highest BCUT2D eigenvalue weighted by Gasteiger charge is 2.31. The molecule has 2 aromatic carbocycles. The van der Waals surface area contributed by atoms with E-state index in [1.54, 1.807) is 30.3 Å². The molecule has 31 heavy (non-hydrogen) atoms. The molecule has 162 valence electrons. The first-order chi connectivity index (χ1) is 14.6. The van der Waals surface area contributed by atoms with Crippen LogP contribution in [0, 0.1) is 5.13 Å². The predicted octanol–water partition coefficient (Wildman–Crippen LogP) is 5.40. The summed E-state index contributed by atoms with van der Waals surface area (Å²) in [5, 5.41) is 11.0. The van der Waals surface area contributed by atoms with Crippen molar-refractivity contribution in [1.29, 1.82) is 0 Å². The lowest BCUT2D eigenvalue weighted by atomic mass is 10.0. The van der Waals surface area contributed by atoms with Crippen molar-refractivity contribution in [3.8, 4) is 16.9 Å². The molecular weight excluding hydrogens is 438 g/mol. The third kappa shape index (κ3) is 6.05. The zero-order valence-electron chi connectivity index (χ0n) is 15.7. The van der Waals surface area contributed by atoms with E-state index in [-0.39, 0.29) is 22.4 Å². The van der Waals surface area contributed by atoms with Crippen LogP contribution in [0.5, 0.6) is 5.75 Å². The molecule has 3 aromatic rings.